The van der Waals surface area contributed by atoms with E-state index in [2.05, 4.69) is 43.7 Å². The topological polar surface area (TPSA) is 71.1 Å². The molecule has 144 valence electrons. The van der Waals surface area contributed by atoms with Gasteiger partial charge in [-0.05, 0) is 35.9 Å². The molecule has 0 atom stereocenters. The molecule has 0 unspecified atom stereocenters. The number of nitrogens with zero attached hydrogens (tertiary/aromatic N) is 1. The predicted molar refractivity (Wildman–Crippen MR) is 119 cm³/mol. The molecule has 3 aromatic rings. The number of halogens is 1. The Morgan fingerprint density at radius 1 is 1.11 bits per heavy atom. The van der Waals surface area contributed by atoms with Crippen molar-refractivity contribution in [2.75, 3.05) is 10.6 Å². The zero-order chi connectivity index (χ0) is 19.9. The molecule has 28 heavy (non-hydrogen) atoms. The van der Waals surface area contributed by atoms with Gasteiger partial charge in [0.1, 0.15) is 4.34 Å². The Labute approximate surface area is 180 Å². The molecule has 0 fully saturated rings. The lowest BCUT2D eigenvalue weighted by molar-refractivity contribution is -0.116. The summed E-state index contributed by atoms with van der Waals surface area (Å²) < 4.78 is 2.00. The fourth-order valence-corrected chi connectivity index (χ4v) is 4.47. The van der Waals surface area contributed by atoms with Crippen molar-refractivity contribution in [2.24, 2.45) is 0 Å². The lowest BCUT2D eigenvalue weighted by atomic mass is 10.2. The highest BCUT2D eigenvalue weighted by molar-refractivity contribution is 9.10. The quantitative estimate of drug-likeness (QED) is 0.452. The van der Waals surface area contributed by atoms with Crippen LogP contribution in [0.4, 0.5) is 11.4 Å². The van der Waals surface area contributed by atoms with Crippen molar-refractivity contribution >= 4 is 62.2 Å². The van der Waals surface area contributed by atoms with Gasteiger partial charge in [0.05, 0.1) is 12.1 Å². The molecule has 2 N–H and O–H groups in total. The summed E-state index contributed by atoms with van der Waals surface area (Å²) in [5.41, 5.74) is 3.25. The highest BCUT2D eigenvalue weighted by Crippen LogP contribution is 2.27. The molecule has 2 aromatic carbocycles. The minimum Gasteiger partial charge on any atom is -0.326 e. The van der Waals surface area contributed by atoms with Gasteiger partial charge in [-0.3, -0.25) is 9.59 Å². The third-order valence-electron chi connectivity index (χ3n) is 3.61. The van der Waals surface area contributed by atoms with Gasteiger partial charge < -0.3 is 10.6 Å². The minimum atomic E-state index is -0.154. The largest absolute Gasteiger partial charge is 0.326 e. The number of anilines is 2. The summed E-state index contributed by atoms with van der Waals surface area (Å²) in [4.78, 5) is 28.0. The molecule has 5 nitrogen and oxygen atoms in total. The van der Waals surface area contributed by atoms with Crippen LogP contribution in [0.25, 0.3) is 0 Å². The second kappa shape index (κ2) is 9.86. The van der Waals surface area contributed by atoms with E-state index < -0.39 is 0 Å². The fraction of sp³-hybridized carbons (Fsp3) is 0.150. The highest BCUT2D eigenvalue weighted by Gasteiger charge is 2.09. The molecular formula is C20H18BrN3O2S2. The van der Waals surface area contributed by atoms with E-state index >= 15 is 0 Å². The van der Waals surface area contributed by atoms with Gasteiger partial charge in [0.25, 0.3) is 0 Å². The van der Waals surface area contributed by atoms with Crippen molar-refractivity contribution in [2.45, 2.75) is 23.4 Å². The first-order chi connectivity index (χ1) is 13.5. The van der Waals surface area contributed by atoms with Crippen molar-refractivity contribution in [3.8, 4) is 0 Å². The molecule has 0 aliphatic heterocycles. The van der Waals surface area contributed by atoms with Gasteiger partial charge in [-0.25, -0.2) is 4.98 Å². The second-order valence-corrected chi connectivity index (χ2v) is 9.00. The zero-order valence-corrected chi connectivity index (χ0v) is 18.3. The Morgan fingerprint density at radius 2 is 1.82 bits per heavy atom. The van der Waals surface area contributed by atoms with Gasteiger partial charge in [-0.1, -0.05) is 45.9 Å². The van der Waals surface area contributed by atoms with Crippen molar-refractivity contribution < 1.29 is 9.59 Å². The number of thioether (sulfide) groups is 1. The molecule has 0 bridgehead atoms. The highest BCUT2D eigenvalue weighted by atomic mass is 79.9. The third-order valence-corrected chi connectivity index (χ3v) is 6.28. The van der Waals surface area contributed by atoms with E-state index in [9.17, 15) is 9.59 Å². The zero-order valence-electron chi connectivity index (χ0n) is 15.1. The average Bonchev–Trinajstić information content (AvgIpc) is 3.08. The van der Waals surface area contributed by atoms with E-state index in [1.165, 1.54) is 12.5 Å². The first-order valence-corrected chi connectivity index (χ1v) is 11.1. The maximum atomic E-state index is 12.3. The number of benzene rings is 2. The molecule has 0 radical (unpaired) electrons. The van der Waals surface area contributed by atoms with Gasteiger partial charge in [0, 0.05) is 33.9 Å². The number of hydrogen-bond donors (Lipinski definition) is 2. The van der Waals surface area contributed by atoms with Crippen LogP contribution in [0, 0.1) is 0 Å². The molecule has 1 aromatic heterocycles. The van der Waals surface area contributed by atoms with E-state index in [-0.39, 0.29) is 18.2 Å². The Kier molecular flexibility index (Phi) is 7.24. The van der Waals surface area contributed by atoms with Crippen molar-refractivity contribution in [3.63, 3.8) is 0 Å². The minimum absolute atomic E-state index is 0.144. The number of rotatable bonds is 7. The third kappa shape index (κ3) is 6.47. The van der Waals surface area contributed by atoms with Crippen molar-refractivity contribution in [1.82, 2.24) is 4.98 Å². The standard InChI is InChI=1S/C20H18BrN3O2S2/c1-13(25)22-16-3-2-4-17(9-16)23-19(26)10-18-12-28-20(24-18)27-11-14-5-7-15(21)8-6-14/h2-9,12H,10-11H2,1H3,(H,22,25)(H,23,26). The smallest absolute Gasteiger partial charge is 0.230 e. The van der Waals surface area contributed by atoms with Crippen LogP contribution in [0.3, 0.4) is 0 Å². The molecule has 0 spiro atoms. The van der Waals surface area contributed by atoms with Gasteiger partial charge in [-0.2, -0.15) is 0 Å². The summed E-state index contributed by atoms with van der Waals surface area (Å²) >= 11 is 6.64. The van der Waals surface area contributed by atoms with E-state index in [4.69, 9.17) is 0 Å². The first-order valence-electron chi connectivity index (χ1n) is 8.47. The molecular weight excluding hydrogens is 458 g/mol. The van der Waals surface area contributed by atoms with Crippen LogP contribution in [0.1, 0.15) is 18.2 Å². The van der Waals surface area contributed by atoms with Crippen LogP contribution < -0.4 is 10.6 Å². The molecule has 1 heterocycles. The Balaban J connectivity index is 1.52. The predicted octanol–water partition coefficient (Wildman–Crippen LogP) is 5.34. The number of carbonyl (C=O) groups is 2. The molecule has 0 aliphatic rings. The van der Waals surface area contributed by atoms with Crippen LogP contribution >= 0.6 is 39.0 Å². The normalized spacial score (nSPS) is 10.5. The molecule has 3 rings (SSSR count). The number of amides is 2. The van der Waals surface area contributed by atoms with Crippen LogP contribution in [0.2, 0.25) is 0 Å². The number of nitrogens with one attached hydrogen (secondary N) is 2. The van der Waals surface area contributed by atoms with Gasteiger partial charge in [0.2, 0.25) is 11.8 Å². The lowest BCUT2D eigenvalue weighted by Crippen LogP contribution is -2.15. The summed E-state index contributed by atoms with van der Waals surface area (Å²) in [6.45, 7) is 1.44. The molecule has 2 amide bonds. The molecule has 8 heteroatoms. The maximum absolute atomic E-state index is 12.3. The summed E-state index contributed by atoms with van der Waals surface area (Å²) in [6, 6.07) is 15.3. The number of carbonyl (C=O) groups excluding carboxylic acids is 2. The SMILES string of the molecule is CC(=O)Nc1cccc(NC(=O)Cc2csc(SCc3ccc(Br)cc3)n2)c1. The fourth-order valence-electron chi connectivity index (χ4n) is 2.41. The van der Waals surface area contributed by atoms with E-state index in [1.807, 2.05) is 17.5 Å². The van der Waals surface area contributed by atoms with Crippen LogP contribution in [-0.4, -0.2) is 16.8 Å². The molecule has 0 saturated carbocycles. The van der Waals surface area contributed by atoms with Gasteiger partial charge in [0.15, 0.2) is 0 Å². The van der Waals surface area contributed by atoms with Crippen molar-refractivity contribution in [1.29, 1.82) is 0 Å². The van der Waals surface area contributed by atoms with Crippen LogP contribution in [0.5, 0.6) is 0 Å². The summed E-state index contributed by atoms with van der Waals surface area (Å²) in [7, 11) is 0. The Morgan fingerprint density at radius 3 is 2.54 bits per heavy atom. The summed E-state index contributed by atoms with van der Waals surface area (Å²) in [5, 5.41) is 7.45. The average molecular weight is 476 g/mol. The van der Waals surface area contributed by atoms with E-state index in [1.54, 1.807) is 47.4 Å². The molecule has 0 saturated heterocycles. The Hall–Kier alpha value is -2.16. The number of hydrogen-bond acceptors (Lipinski definition) is 5. The first kappa shape index (κ1) is 20.6. The summed E-state index contributed by atoms with van der Waals surface area (Å²) in [5.74, 6) is 0.538. The molecule has 0 aliphatic carbocycles. The lowest BCUT2D eigenvalue weighted by Gasteiger charge is -2.07. The second-order valence-electron chi connectivity index (χ2n) is 6.01. The van der Waals surface area contributed by atoms with Crippen LogP contribution in [-0.2, 0) is 21.8 Å². The Bertz CT molecular complexity index is 974. The summed E-state index contributed by atoms with van der Waals surface area (Å²) in [6.07, 6.45) is 0.208. The van der Waals surface area contributed by atoms with Crippen LogP contribution in [0.15, 0.2) is 62.7 Å². The number of aromatic nitrogens is 1. The maximum Gasteiger partial charge on any atom is 0.230 e. The van der Waals surface area contributed by atoms with E-state index in [0.717, 1.165) is 20.3 Å². The van der Waals surface area contributed by atoms with E-state index in [0.29, 0.717) is 11.4 Å². The van der Waals surface area contributed by atoms with Crippen molar-refractivity contribution in [3.05, 3.63) is 69.6 Å². The van der Waals surface area contributed by atoms with Gasteiger partial charge in [-0.15, -0.1) is 11.3 Å². The monoisotopic (exact) mass is 475 g/mol. The van der Waals surface area contributed by atoms with Gasteiger partial charge >= 0.3 is 0 Å². The number of thiazole rings is 1.